The van der Waals surface area contributed by atoms with Crippen molar-refractivity contribution in [3.63, 3.8) is 0 Å². The molecule has 1 aliphatic rings. The maximum atomic E-state index is 12.9. The van der Waals surface area contributed by atoms with Crippen molar-refractivity contribution in [3.05, 3.63) is 57.5 Å². The molecule has 138 valence electrons. The van der Waals surface area contributed by atoms with Gasteiger partial charge in [0.15, 0.2) is 5.69 Å². The Bertz CT molecular complexity index is 864. The fraction of sp³-hybridized carbons (Fsp3) is 0.389. The molecular formula is C18H21FN4O3. The molecule has 3 rings (SSSR count). The van der Waals surface area contributed by atoms with E-state index in [4.69, 9.17) is 0 Å². The van der Waals surface area contributed by atoms with Crippen LogP contribution in [0.1, 0.15) is 47.2 Å². The van der Waals surface area contributed by atoms with Crippen LogP contribution < -0.4 is 16.2 Å². The minimum absolute atomic E-state index is 0.133. The van der Waals surface area contributed by atoms with Gasteiger partial charge in [-0.15, -0.1) is 0 Å². The third-order valence-corrected chi connectivity index (χ3v) is 4.54. The summed E-state index contributed by atoms with van der Waals surface area (Å²) in [7, 11) is 1.77. The normalized spacial score (nSPS) is 16.6. The van der Waals surface area contributed by atoms with Crippen molar-refractivity contribution in [1.29, 1.82) is 0 Å². The molecule has 1 aromatic heterocycles. The molecule has 0 saturated carbocycles. The number of nitrogens with one attached hydrogen (secondary N) is 2. The molecule has 26 heavy (non-hydrogen) atoms. The van der Waals surface area contributed by atoms with Crippen LogP contribution in [0.3, 0.4) is 0 Å². The zero-order valence-electron chi connectivity index (χ0n) is 14.5. The predicted octanol–water partition coefficient (Wildman–Crippen LogP) is 1.46. The lowest BCUT2D eigenvalue weighted by Crippen LogP contribution is -2.33. The van der Waals surface area contributed by atoms with Crippen LogP contribution in [0.25, 0.3) is 0 Å². The fourth-order valence-electron chi connectivity index (χ4n) is 3.09. The first-order valence-electron chi connectivity index (χ1n) is 8.55. The van der Waals surface area contributed by atoms with Crippen LogP contribution in [-0.4, -0.2) is 27.6 Å². The molecule has 0 bridgehead atoms. The minimum atomic E-state index is -0.651. The van der Waals surface area contributed by atoms with Gasteiger partial charge in [0.1, 0.15) is 11.6 Å². The van der Waals surface area contributed by atoms with Crippen molar-refractivity contribution in [2.75, 3.05) is 7.05 Å². The van der Waals surface area contributed by atoms with Gasteiger partial charge < -0.3 is 15.7 Å². The minimum Gasteiger partial charge on any atom is -0.501 e. The lowest BCUT2D eigenvalue weighted by atomic mass is 10.1. The summed E-state index contributed by atoms with van der Waals surface area (Å²) in [6.45, 7) is 0.596. The molecule has 8 heteroatoms. The summed E-state index contributed by atoms with van der Waals surface area (Å²) in [6, 6.07) is 5.53. The highest BCUT2D eigenvalue weighted by Gasteiger charge is 2.26. The molecule has 2 aromatic rings. The zero-order chi connectivity index (χ0) is 18.7. The number of hydrogen-bond donors (Lipinski definition) is 3. The highest BCUT2D eigenvalue weighted by atomic mass is 19.1. The van der Waals surface area contributed by atoms with Crippen LogP contribution in [0, 0.1) is 5.82 Å². The van der Waals surface area contributed by atoms with E-state index in [1.807, 2.05) is 0 Å². The van der Waals surface area contributed by atoms with Crippen molar-refractivity contribution >= 4 is 5.91 Å². The monoisotopic (exact) mass is 360 g/mol. The predicted molar refractivity (Wildman–Crippen MR) is 93.4 cm³/mol. The number of rotatable bonds is 4. The lowest BCUT2D eigenvalue weighted by Gasteiger charge is -2.18. The Hall–Kier alpha value is -2.74. The largest absolute Gasteiger partial charge is 0.501 e. The topological polar surface area (TPSA) is 96.2 Å². The van der Waals surface area contributed by atoms with E-state index in [1.165, 1.54) is 16.7 Å². The van der Waals surface area contributed by atoms with Crippen LogP contribution in [0.2, 0.25) is 0 Å². The second kappa shape index (κ2) is 7.65. The molecule has 0 unspecified atom stereocenters. The molecule has 0 spiro atoms. The van der Waals surface area contributed by atoms with E-state index in [-0.39, 0.29) is 24.1 Å². The molecule has 1 amide bonds. The van der Waals surface area contributed by atoms with Gasteiger partial charge in [0, 0.05) is 13.1 Å². The molecule has 0 saturated heterocycles. The molecular weight excluding hydrogens is 339 g/mol. The standard InChI is InChI=1S/C18H21FN4O3/c1-20-13-4-2-3-9-23-16(13)22-14(15(24)18(23)26)17(25)21-10-11-5-7-12(19)8-6-11/h5-8,13,20,24H,2-4,9-10H2,1H3,(H,21,25)/t13-/m0/s1. The summed E-state index contributed by atoms with van der Waals surface area (Å²) in [6.07, 6.45) is 2.52. The van der Waals surface area contributed by atoms with Crippen LogP contribution >= 0.6 is 0 Å². The van der Waals surface area contributed by atoms with Crippen molar-refractivity contribution in [3.8, 4) is 5.75 Å². The number of halogens is 1. The SMILES string of the molecule is CN[C@H]1CCCCn2c1nc(C(=O)NCc1ccc(F)cc1)c(O)c2=O. The third-order valence-electron chi connectivity index (χ3n) is 4.54. The number of aromatic nitrogens is 2. The number of hydrogen-bond acceptors (Lipinski definition) is 5. The second-order valence-electron chi connectivity index (χ2n) is 6.27. The van der Waals surface area contributed by atoms with Gasteiger partial charge in [0.2, 0.25) is 5.75 Å². The Morgan fingerprint density at radius 1 is 1.35 bits per heavy atom. The van der Waals surface area contributed by atoms with E-state index in [1.54, 1.807) is 19.2 Å². The lowest BCUT2D eigenvalue weighted by molar-refractivity contribution is 0.0941. The summed E-state index contributed by atoms with van der Waals surface area (Å²) in [5, 5.41) is 15.9. The molecule has 1 aliphatic heterocycles. The number of fused-ring (bicyclic) bond motifs is 1. The smallest absolute Gasteiger partial charge is 0.296 e. The van der Waals surface area contributed by atoms with Crippen LogP contribution in [0.5, 0.6) is 5.75 Å². The van der Waals surface area contributed by atoms with Gasteiger partial charge in [-0.2, -0.15) is 0 Å². The van der Waals surface area contributed by atoms with Crippen LogP contribution in [-0.2, 0) is 13.1 Å². The van der Waals surface area contributed by atoms with Gasteiger partial charge in [-0.05, 0) is 44.0 Å². The molecule has 2 heterocycles. The first-order valence-corrected chi connectivity index (χ1v) is 8.55. The van der Waals surface area contributed by atoms with Gasteiger partial charge in [-0.3, -0.25) is 14.2 Å². The molecule has 0 radical (unpaired) electrons. The van der Waals surface area contributed by atoms with Gasteiger partial charge in [0.25, 0.3) is 11.5 Å². The van der Waals surface area contributed by atoms with Crippen molar-refractivity contribution in [2.24, 2.45) is 0 Å². The van der Waals surface area contributed by atoms with Crippen LogP contribution in [0.15, 0.2) is 29.1 Å². The van der Waals surface area contributed by atoms with E-state index in [2.05, 4.69) is 15.6 Å². The van der Waals surface area contributed by atoms with Gasteiger partial charge in [-0.1, -0.05) is 12.1 Å². The number of carbonyl (C=O) groups is 1. The van der Waals surface area contributed by atoms with E-state index in [0.29, 0.717) is 17.9 Å². The Kier molecular flexibility index (Phi) is 5.32. The summed E-state index contributed by atoms with van der Waals surface area (Å²) < 4.78 is 14.4. The quantitative estimate of drug-likeness (QED) is 0.767. The van der Waals surface area contributed by atoms with E-state index in [0.717, 1.165) is 19.3 Å². The number of nitrogens with zero attached hydrogens (tertiary/aromatic N) is 2. The Balaban J connectivity index is 1.88. The summed E-state index contributed by atoms with van der Waals surface area (Å²) in [4.78, 5) is 29.2. The average Bonchev–Trinajstić information content (AvgIpc) is 2.86. The van der Waals surface area contributed by atoms with Crippen molar-refractivity contribution in [1.82, 2.24) is 20.2 Å². The highest BCUT2D eigenvalue weighted by molar-refractivity contribution is 5.94. The number of benzene rings is 1. The number of aromatic hydroxyl groups is 1. The molecule has 3 N–H and O–H groups in total. The molecule has 0 aliphatic carbocycles. The summed E-state index contributed by atoms with van der Waals surface area (Å²) >= 11 is 0. The summed E-state index contributed by atoms with van der Waals surface area (Å²) in [5.74, 6) is -1.20. The first kappa shape index (κ1) is 18.1. The molecule has 1 atom stereocenters. The molecule has 1 aromatic carbocycles. The first-order chi connectivity index (χ1) is 12.5. The average molecular weight is 360 g/mol. The Labute approximate surface area is 149 Å². The maximum Gasteiger partial charge on any atom is 0.296 e. The number of amides is 1. The van der Waals surface area contributed by atoms with Gasteiger partial charge >= 0.3 is 0 Å². The Morgan fingerprint density at radius 3 is 2.77 bits per heavy atom. The van der Waals surface area contributed by atoms with E-state index in [9.17, 15) is 19.1 Å². The van der Waals surface area contributed by atoms with Crippen LogP contribution in [0.4, 0.5) is 4.39 Å². The van der Waals surface area contributed by atoms with E-state index >= 15 is 0 Å². The molecule has 0 fully saturated rings. The Morgan fingerprint density at radius 2 is 2.08 bits per heavy atom. The number of carbonyl (C=O) groups excluding carboxylic acids is 1. The second-order valence-corrected chi connectivity index (χ2v) is 6.27. The van der Waals surface area contributed by atoms with Crippen molar-refractivity contribution in [2.45, 2.75) is 38.4 Å². The maximum absolute atomic E-state index is 12.9. The van der Waals surface area contributed by atoms with Crippen molar-refractivity contribution < 1.29 is 14.3 Å². The highest BCUT2D eigenvalue weighted by Crippen LogP contribution is 2.23. The van der Waals surface area contributed by atoms with E-state index < -0.39 is 17.2 Å². The fourth-order valence-corrected chi connectivity index (χ4v) is 3.09. The zero-order valence-corrected chi connectivity index (χ0v) is 14.5. The third kappa shape index (κ3) is 3.60. The molecule has 7 nitrogen and oxygen atoms in total. The van der Waals surface area contributed by atoms with Gasteiger partial charge in [0.05, 0.1) is 6.04 Å². The summed E-state index contributed by atoms with van der Waals surface area (Å²) in [5.41, 5.74) is -0.201. The van der Waals surface area contributed by atoms with Gasteiger partial charge in [-0.25, -0.2) is 9.37 Å².